The van der Waals surface area contributed by atoms with Crippen molar-refractivity contribution in [3.05, 3.63) is 18.1 Å². The number of carboxylic acid groups (broad SMARTS) is 1. The van der Waals surface area contributed by atoms with Crippen molar-refractivity contribution in [2.45, 2.75) is 19.0 Å². The van der Waals surface area contributed by atoms with E-state index in [0.29, 0.717) is 0 Å². The quantitative estimate of drug-likeness (QED) is 0.808. The first-order chi connectivity index (χ1) is 7.88. The molecule has 0 saturated carbocycles. The van der Waals surface area contributed by atoms with Crippen LogP contribution in [-0.4, -0.2) is 33.8 Å². The summed E-state index contributed by atoms with van der Waals surface area (Å²) in [7, 11) is 0. The Balaban J connectivity index is 2.35. The van der Waals surface area contributed by atoms with E-state index in [1.165, 1.54) is 0 Å². The Morgan fingerprint density at radius 1 is 1.35 bits per heavy atom. The predicted molar refractivity (Wildman–Crippen MR) is 49.8 cm³/mol. The molecule has 0 aliphatic heterocycles. The number of hydrogen-bond acceptors (Lipinski definition) is 4. The average Bonchev–Trinajstić information content (AvgIpc) is 2.24. The molecule has 1 N–H and O–H groups in total. The van der Waals surface area contributed by atoms with E-state index >= 15 is 0 Å². The zero-order valence-corrected chi connectivity index (χ0v) is 8.57. The van der Waals surface area contributed by atoms with Gasteiger partial charge in [0.25, 0.3) is 0 Å². The Bertz CT molecular complexity index is 378. The molecule has 1 rings (SSSR count). The van der Waals surface area contributed by atoms with Gasteiger partial charge in [-0.25, -0.2) is 14.8 Å². The highest BCUT2D eigenvalue weighted by molar-refractivity contribution is 5.84. The van der Waals surface area contributed by atoms with Crippen molar-refractivity contribution in [2.75, 3.05) is 6.61 Å². The van der Waals surface area contributed by atoms with Gasteiger partial charge in [0.1, 0.15) is 0 Å². The summed E-state index contributed by atoms with van der Waals surface area (Å²) in [4.78, 5) is 17.5. The van der Waals surface area contributed by atoms with E-state index in [2.05, 4.69) is 9.97 Å². The van der Waals surface area contributed by atoms with E-state index in [9.17, 15) is 18.0 Å². The molecule has 0 radical (unpaired) electrons. The molecule has 1 heterocycles. The maximum atomic E-state index is 11.8. The minimum Gasteiger partial charge on any atom is -0.477 e. The van der Waals surface area contributed by atoms with Crippen LogP contribution in [0.2, 0.25) is 0 Å². The van der Waals surface area contributed by atoms with Crippen molar-refractivity contribution < 1.29 is 27.8 Å². The van der Waals surface area contributed by atoms with Crippen LogP contribution in [0.25, 0.3) is 0 Å². The number of aromatic carboxylic acids is 1. The molecule has 8 heteroatoms. The number of carboxylic acids is 1. The first-order valence-corrected chi connectivity index (χ1v) is 4.63. The van der Waals surface area contributed by atoms with Gasteiger partial charge in [-0.15, -0.1) is 0 Å². The highest BCUT2D eigenvalue weighted by Gasteiger charge is 2.26. The number of rotatable bonds is 5. The van der Waals surface area contributed by atoms with Gasteiger partial charge in [0, 0.05) is 6.42 Å². The van der Waals surface area contributed by atoms with E-state index < -0.39 is 18.6 Å². The summed E-state index contributed by atoms with van der Waals surface area (Å²) in [6.45, 7) is -0.152. The summed E-state index contributed by atoms with van der Waals surface area (Å²) < 4.78 is 40.2. The number of carbonyl (C=O) groups is 1. The van der Waals surface area contributed by atoms with Gasteiger partial charge in [0.2, 0.25) is 5.88 Å². The third-order valence-electron chi connectivity index (χ3n) is 1.70. The molecule has 1 aromatic heterocycles. The van der Waals surface area contributed by atoms with Gasteiger partial charge in [-0.2, -0.15) is 13.2 Å². The standard InChI is InChI=1S/C9H9F3N2O3/c10-9(11,12)2-1-3-17-7-5-13-6(4-14-7)8(15)16/h4-5H,1-3H2,(H,15,16). The fourth-order valence-corrected chi connectivity index (χ4v) is 0.951. The topological polar surface area (TPSA) is 72.3 Å². The van der Waals surface area contributed by atoms with Crippen LogP contribution < -0.4 is 4.74 Å². The first-order valence-electron chi connectivity index (χ1n) is 4.63. The van der Waals surface area contributed by atoms with E-state index in [1.807, 2.05) is 0 Å². The van der Waals surface area contributed by atoms with E-state index in [4.69, 9.17) is 9.84 Å². The molecule has 17 heavy (non-hydrogen) atoms. The SMILES string of the molecule is O=C(O)c1cnc(OCCCC(F)(F)F)cn1. The lowest BCUT2D eigenvalue weighted by Crippen LogP contribution is -2.10. The molecule has 0 saturated heterocycles. The second-order valence-corrected chi connectivity index (χ2v) is 3.11. The molecule has 0 aliphatic carbocycles. The number of aromatic nitrogens is 2. The van der Waals surface area contributed by atoms with Crippen molar-refractivity contribution in [2.24, 2.45) is 0 Å². The Morgan fingerprint density at radius 2 is 2.06 bits per heavy atom. The first kappa shape index (κ1) is 13.2. The fraction of sp³-hybridized carbons (Fsp3) is 0.444. The summed E-state index contributed by atoms with van der Waals surface area (Å²) >= 11 is 0. The van der Waals surface area contributed by atoms with Crippen LogP contribution in [-0.2, 0) is 0 Å². The van der Waals surface area contributed by atoms with Crippen LogP contribution in [0.15, 0.2) is 12.4 Å². The largest absolute Gasteiger partial charge is 0.477 e. The molecule has 0 amide bonds. The number of alkyl halides is 3. The van der Waals surface area contributed by atoms with Gasteiger partial charge in [0.15, 0.2) is 5.69 Å². The van der Waals surface area contributed by atoms with Crippen molar-refractivity contribution in [1.82, 2.24) is 9.97 Å². The normalized spacial score (nSPS) is 11.2. The Labute approximate surface area is 94.3 Å². The third kappa shape index (κ3) is 5.14. The summed E-state index contributed by atoms with van der Waals surface area (Å²) in [5, 5.41) is 8.51. The van der Waals surface area contributed by atoms with Gasteiger partial charge in [-0.05, 0) is 6.42 Å². The van der Waals surface area contributed by atoms with Gasteiger partial charge in [-0.1, -0.05) is 0 Å². The van der Waals surface area contributed by atoms with Gasteiger partial charge >= 0.3 is 12.1 Å². The molecule has 0 fully saturated rings. The van der Waals surface area contributed by atoms with E-state index in [1.54, 1.807) is 0 Å². The third-order valence-corrected chi connectivity index (χ3v) is 1.70. The molecule has 0 bridgehead atoms. The van der Waals surface area contributed by atoms with E-state index in [-0.39, 0.29) is 24.6 Å². The van der Waals surface area contributed by atoms with Gasteiger partial charge < -0.3 is 9.84 Å². The number of nitrogens with zero attached hydrogens (tertiary/aromatic N) is 2. The minimum atomic E-state index is -4.21. The molecule has 1 aromatic rings. The Morgan fingerprint density at radius 3 is 2.53 bits per heavy atom. The zero-order chi connectivity index (χ0) is 12.9. The van der Waals surface area contributed by atoms with E-state index in [0.717, 1.165) is 12.4 Å². The van der Waals surface area contributed by atoms with Gasteiger partial charge in [0.05, 0.1) is 19.0 Å². The maximum Gasteiger partial charge on any atom is 0.389 e. The van der Waals surface area contributed by atoms with Gasteiger partial charge in [-0.3, -0.25) is 0 Å². The molecule has 94 valence electrons. The number of ether oxygens (including phenoxy) is 1. The van der Waals surface area contributed by atoms with Crippen LogP contribution in [0.5, 0.6) is 5.88 Å². The van der Waals surface area contributed by atoms with Crippen molar-refractivity contribution >= 4 is 5.97 Å². The van der Waals surface area contributed by atoms with Crippen LogP contribution in [0.1, 0.15) is 23.3 Å². The minimum absolute atomic E-state index is 0.00262. The molecule has 5 nitrogen and oxygen atoms in total. The lowest BCUT2D eigenvalue weighted by molar-refractivity contribution is -0.136. The predicted octanol–water partition coefficient (Wildman–Crippen LogP) is 1.90. The molecule has 0 atom stereocenters. The maximum absolute atomic E-state index is 11.8. The monoisotopic (exact) mass is 250 g/mol. The Hall–Kier alpha value is -1.86. The van der Waals surface area contributed by atoms with Crippen LogP contribution in [0.4, 0.5) is 13.2 Å². The molecule has 0 spiro atoms. The zero-order valence-electron chi connectivity index (χ0n) is 8.57. The summed E-state index contributed by atoms with van der Waals surface area (Å²) in [6, 6.07) is 0. The summed E-state index contributed by atoms with van der Waals surface area (Å²) in [5.74, 6) is -1.24. The molecule has 0 unspecified atom stereocenters. The van der Waals surface area contributed by atoms with Crippen LogP contribution in [0.3, 0.4) is 0 Å². The number of hydrogen-bond donors (Lipinski definition) is 1. The second kappa shape index (κ2) is 5.46. The molecule has 0 aliphatic rings. The molecular formula is C9H9F3N2O3. The van der Waals surface area contributed by atoms with Crippen molar-refractivity contribution in [3.63, 3.8) is 0 Å². The summed E-state index contributed by atoms with van der Waals surface area (Å²) in [6.07, 6.45) is -3.31. The van der Waals surface area contributed by atoms with Crippen LogP contribution >= 0.6 is 0 Å². The fourth-order valence-electron chi connectivity index (χ4n) is 0.951. The lowest BCUT2D eigenvalue weighted by Gasteiger charge is -2.07. The average molecular weight is 250 g/mol. The lowest BCUT2D eigenvalue weighted by atomic mass is 10.3. The Kier molecular flexibility index (Phi) is 4.24. The second-order valence-electron chi connectivity index (χ2n) is 3.11. The highest BCUT2D eigenvalue weighted by atomic mass is 19.4. The van der Waals surface area contributed by atoms with Crippen molar-refractivity contribution in [3.8, 4) is 5.88 Å². The van der Waals surface area contributed by atoms with Crippen molar-refractivity contribution in [1.29, 1.82) is 0 Å². The number of halogens is 3. The molecule has 0 aromatic carbocycles. The summed E-state index contributed by atoms with van der Waals surface area (Å²) in [5.41, 5.74) is -0.257. The smallest absolute Gasteiger partial charge is 0.389 e. The van der Waals surface area contributed by atoms with Crippen LogP contribution in [0, 0.1) is 0 Å². The highest BCUT2D eigenvalue weighted by Crippen LogP contribution is 2.21. The molecular weight excluding hydrogens is 241 g/mol.